The van der Waals surface area contributed by atoms with Gasteiger partial charge in [-0.15, -0.1) is 0 Å². The molecule has 0 unspecified atom stereocenters. The Bertz CT molecular complexity index is 127. The molecular weight excluding hydrogens is 108 g/mol. The van der Waals surface area contributed by atoms with Crippen LogP contribution in [-0.4, -0.2) is 0 Å². The highest BCUT2D eigenvalue weighted by atomic mass is 13.8. The first-order valence-electron chi connectivity index (χ1n) is 3.27. The highest BCUT2D eigenvalue weighted by Gasteiger charge is 1.74. The van der Waals surface area contributed by atoms with Crippen LogP contribution < -0.4 is 0 Å². The van der Waals surface area contributed by atoms with E-state index < -0.39 is 0 Å². The molecule has 9 heavy (non-hydrogen) atoms. The molecule has 0 amide bonds. The zero-order chi connectivity index (χ0) is 7.11. The van der Waals surface area contributed by atoms with Gasteiger partial charge in [-0.05, 0) is 13.3 Å². The lowest BCUT2D eigenvalue weighted by Gasteiger charge is -1.85. The van der Waals surface area contributed by atoms with Crippen LogP contribution in [0.3, 0.4) is 0 Å². The largest absolute Gasteiger partial charge is 0.0991 e. The van der Waals surface area contributed by atoms with Crippen molar-refractivity contribution in [3.05, 3.63) is 36.5 Å². The van der Waals surface area contributed by atoms with Crippen LogP contribution in [0.25, 0.3) is 0 Å². The van der Waals surface area contributed by atoms with Gasteiger partial charge in [-0.25, -0.2) is 0 Å². The molecule has 0 aromatic carbocycles. The number of allylic oxidation sites excluding steroid dienone is 5. The van der Waals surface area contributed by atoms with Crippen molar-refractivity contribution in [2.45, 2.75) is 20.3 Å². The fraction of sp³-hybridized carbons (Fsp3) is 0.333. The molecule has 0 saturated heterocycles. The van der Waals surface area contributed by atoms with E-state index in [4.69, 9.17) is 0 Å². The molecular formula is C9H14. The van der Waals surface area contributed by atoms with Crippen molar-refractivity contribution in [2.24, 2.45) is 0 Å². The maximum Gasteiger partial charge on any atom is -0.0374 e. The molecule has 0 spiro atoms. The van der Waals surface area contributed by atoms with Gasteiger partial charge in [0.2, 0.25) is 0 Å². The molecule has 0 bridgehead atoms. The molecule has 0 N–H and O–H groups in total. The van der Waals surface area contributed by atoms with Gasteiger partial charge in [0.05, 0.1) is 0 Å². The van der Waals surface area contributed by atoms with Crippen molar-refractivity contribution in [1.29, 1.82) is 0 Å². The minimum absolute atomic E-state index is 1.10. The van der Waals surface area contributed by atoms with Gasteiger partial charge in [-0.1, -0.05) is 43.4 Å². The summed E-state index contributed by atoms with van der Waals surface area (Å²) in [5.41, 5.74) is 1.30. The lowest BCUT2D eigenvalue weighted by atomic mass is 10.2. The predicted molar refractivity (Wildman–Crippen MR) is 43.4 cm³/mol. The second kappa shape index (κ2) is 5.36. The first-order valence-corrected chi connectivity index (χ1v) is 3.27. The fourth-order valence-corrected chi connectivity index (χ4v) is 0.610. The second-order valence-electron chi connectivity index (χ2n) is 1.95. The van der Waals surface area contributed by atoms with E-state index in [1.165, 1.54) is 5.57 Å². The van der Waals surface area contributed by atoms with E-state index in [-0.39, 0.29) is 0 Å². The number of hydrogen-bond donors (Lipinski definition) is 0. The lowest BCUT2D eigenvalue weighted by molar-refractivity contribution is 1.20. The Balaban J connectivity index is 3.74. The van der Waals surface area contributed by atoms with Crippen LogP contribution >= 0.6 is 0 Å². The number of rotatable bonds is 3. The van der Waals surface area contributed by atoms with E-state index in [0.717, 1.165) is 6.42 Å². The summed E-state index contributed by atoms with van der Waals surface area (Å²) in [6.07, 6.45) is 9.07. The van der Waals surface area contributed by atoms with Gasteiger partial charge in [-0.3, -0.25) is 0 Å². The molecule has 50 valence electrons. The first kappa shape index (κ1) is 8.22. The average molecular weight is 122 g/mol. The molecule has 0 rings (SSSR count). The Morgan fingerprint density at radius 2 is 2.22 bits per heavy atom. The summed E-state index contributed by atoms with van der Waals surface area (Å²) >= 11 is 0. The van der Waals surface area contributed by atoms with Crippen molar-refractivity contribution >= 4 is 0 Å². The minimum Gasteiger partial charge on any atom is -0.0991 e. The van der Waals surface area contributed by atoms with E-state index in [1.54, 1.807) is 6.08 Å². The Morgan fingerprint density at radius 1 is 1.56 bits per heavy atom. The highest BCUT2D eigenvalue weighted by Crippen LogP contribution is 1.95. The Hall–Kier alpha value is -0.780. The molecule has 0 heteroatoms. The fourth-order valence-electron chi connectivity index (χ4n) is 0.610. The normalized spacial score (nSPS) is 12.4. The lowest BCUT2D eigenvalue weighted by Crippen LogP contribution is -1.64. The SMILES string of the molecule is C=C/C=C\C(C)=CCC. The van der Waals surface area contributed by atoms with Crippen LogP contribution in [-0.2, 0) is 0 Å². The number of hydrogen-bond acceptors (Lipinski definition) is 0. The van der Waals surface area contributed by atoms with Crippen LogP contribution in [0.5, 0.6) is 0 Å². The molecule has 0 saturated carbocycles. The van der Waals surface area contributed by atoms with Gasteiger partial charge in [-0.2, -0.15) is 0 Å². The second-order valence-corrected chi connectivity index (χ2v) is 1.95. The van der Waals surface area contributed by atoms with Crippen LogP contribution in [0.2, 0.25) is 0 Å². The standard InChI is InChI=1S/C9H14/c1-4-6-8-9(3)7-5-2/h4,6-8H,1,5H2,2-3H3/b8-6-,9-7?. The molecule has 0 fully saturated rings. The van der Waals surface area contributed by atoms with E-state index in [0.29, 0.717) is 0 Å². The molecule has 0 heterocycles. The Kier molecular flexibility index (Phi) is 4.89. The molecule has 0 aromatic rings. The summed E-state index contributed by atoms with van der Waals surface area (Å²) in [4.78, 5) is 0. The van der Waals surface area contributed by atoms with Crippen LogP contribution in [0.1, 0.15) is 20.3 Å². The molecule has 0 nitrogen and oxygen atoms in total. The molecule has 0 radical (unpaired) electrons. The summed E-state index contributed by atoms with van der Waals surface area (Å²) in [5, 5.41) is 0. The summed E-state index contributed by atoms with van der Waals surface area (Å²) < 4.78 is 0. The maximum atomic E-state index is 3.58. The molecule has 0 aliphatic rings. The van der Waals surface area contributed by atoms with Gasteiger partial charge in [0.25, 0.3) is 0 Å². The smallest absolute Gasteiger partial charge is 0.0374 e. The van der Waals surface area contributed by atoms with Crippen molar-refractivity contribution in [2.75, 3.05) is 0 Å². The van der Waals surface area contributed by atoms with Gasteiger partial charge in [0.1, 0.15) is 0 Å². The van der Waals surface area contributed by atoms with Gasteiger partial charge in [0.15, 0.2) is 0 Å². The molecule has 0 aliphatic heterocycles. The van der Waals surface area contributed by atoms with Crippen molar-refractivity contribution < 1.29 is 0 Å². The van der Waals surface area contributed by atoms with E-state index in [1.807, 2.05) is 6.08 Å². The monoisotopic (exact) mass is 122 g/mol. The topological polar surface area (TPSA) is 0 Å². The zero-order valence-corrected chi connectivity index (χ0v) is 6.22. The summed E-state index contributed by atoms with van der Waals surface area (Å²) in [6, 6.07) is 0. The highest BCUT2D eigenvalue weighted by molar-refractivity contribution is 5.18. The van der Waals surface area contributed by atoms with Crippen LogP contribution in [0.15, 0.2) is 36.5 Å². The van der Waals surface area contributed by atoms with E-state index in [9.17, 15) is 0 Å². The average Bonchev–Trinajstić information content (AvgIpc) is 1.85. The van der Waals surface area contributed by atoms with Crippen molar-refractivity contribution in [3.8, 4) is 0 Å². The van der Waals surface area contributed by atoms with Gasteiger partial charge in [0, 0.05) is 0 Å². The van der Waals surface area contributed by atoms with Gasteiger partial charge >= 0.3 is 0 Å². The Morgan fingerprint density at radius 3 is 2.67 bits per heavy atom. The maximum absolute atomic E-state index is 3.58. The van der Waals surface area contributed by atoms with Gasteiger partial charge < -0.3 is 0 Å². The summed E-state index contributed by atoms with van der Waals surface area (Å²) in [7, 11) is 0. The van der Waals surface area contributed by atoms with E-state index in [2.05, 4.69) is 32.6 Å². The third-order valence-electron chi connectivity index (χ3n) is 1.02. The summed E-state index contributed by atoms with van der Waals surface area (Å²) in [6.45, 7) is 7.80. The van der Waals surface area contributed by atoms with Crippen LogP contribution in [0, 0.1) is 0 Å². The van der Waals surface area contributed by atoms with Crippen molar-refractivity contribution in [1.82, 2.24) is 0 Å². The molecule has 0 atom stereocenters. The quantitative estimate of drug-likeness (QED) is 0.504. The molecule has 0 aliphatic carbocycles. The zero-order valence-electron chi connectivity index (χ0n) is 6.22. The Labute approximate surface area is 57.6 Å². The molecule has 0 aromatic heterocycles. The predicted octanol–water partition coefficient (Wildman–Crippen LogP) is 3.08. The third kappa shape index (κ3) is 5.09. The van der Waals surface area contributed by atoms with Crippen molar-refractivity contribution in [3.63, 3.8) is 0 Å². The third-order valence-corrected chi connectivity index (χ3v) is 1.02. The first-order chi connectivity index (χ1) is 4.31. The summed E-state index contributed by atoms with van der Waals surface area (Å²) in [5.74, 6) is 0. The van der Waals surface area contributed by atoms with Crippen LogP contribution in [0.4, 0.5) is 0 Å². The van der Waals surface area contributed by atoms with E-state index >= 15 is 0 Å². The minimum atomic E-state index is 1.10.